The molecule has 10 rings (SSSR count). The number of nitrogens with one attached hydrogen (secondary N) is 2. The average Bonchev–Trinajstić information content (AvgIpc) is 4.11. The van der Waals surface area contributed by atoms with Crippen molar-refractivity contribution >= 4 is 45.9 Å². The van der Waals surface area contributed by atoms with Crippen LogP contribution in [0.4, 0.5) is 20.3 Å². The first-order valence-corrected chi connectivity index (χ1v) is 21.7. The molecule has 5 aromatic rings. The molecule has 1 saturated carbocycles. The normalized spacial score (nSPS) is 25.0. The van der Waals surface area contributed by atoms with Gasteiger partial charge in [-0.3, -0.25) is 33.5 Å². The van der Waals surface area contributed by atoms with Crippen molar-refractivity contribution in [1.82, 2.24) is 43.7 Å². The lowest BCUT2D eigenvalue weighted by atomic mass is 9.84. The van der Waals surface area contributed by atoms with Crippen molar-refractivity contribution in [3.05, 3.63) is 70.2 Å². The van der Waals surface area contributed by atoms with E-state index < -0.39 is 30.0 Å². The number of imidazole rings is 1. The number of morpholine rings is 1. The largest absolute Gasteiger partial charge is 0.374 e. The molecule has 8 heterocycles. The minimum Gasteiger partial charge on any atom is -0.374 e. The maximum absolute atomic E-state index is 14.3. The molecule has 2 bridgehead atoms. The maximum atomic E-state index is 14.3. The van der Waals surface area contributed by atoms with Crippen LogP contribution in [-0.2, 0) is 27.8 Å². The summed E-state index contributed by atoms with van der Waals surface area (Å²) in [7, 11) is 1.75. The third kappa shape index (κ3) is 7.51. The highest BCUT2D eigenvalue weighted by Gasteiger charge is 2.40. The van der Waals surface area contributed by atoms with Gasteiger partial charge in [-0.15, -0.1) is 0 Å². The lowest BCUT2D eigenvalue weighted by molar-refractivity contribution is -0.135. The molecular weight excluding hydrogens is 789 g/mol. The predicted octanol–water partition coefficient (Wildman–Crippen LogP) is 4.80. The topological polar surface area (TPSA) is 166 Å². The van der Waals surface area contributed by atoms with Gasteiger partial charge in [0.05, 0.1) is 47.7 Å². The predicted molar refractivity (Wildman–Crippen MR) is 221 cm³/mol. The van der Waals surface area contributed by atoms with Crippen molar-refractivity contribution < 1.29 is 27.9 Å². The molecular formula is C43H51F2N11O5. The van der Waals surface area contributed by atoms with Gasteiger partial charge in [0.15, 0.2) is 11.3 Å². The van der Waals surface area contributed by atoms with Gasteiger partial charge in [-0.1, -0.05) is 12.1 Å². The minimum absolute atomic E-state index is 0.000794. The summed E-state index contributed by atoms with van der Waals surface area (Å²) >= 11 is 0. The van der Waals surface area contributed by atoms with Crippen molar-refractivity contribution in [3.8, 4) is 0 Å². The molecule has 0 radical (unpaired) electrons. The number of aryl methyl sites for hydroxylation is 2. The van der Waals surface area contributed by atoms with E-state index in [1.807, 2.05) is 18.2 Å². The van der Waals surface area contributed by atoms with E-state index in [1.165, 1.54) is 10.7 Å². The van der Waals surface area contributed by atoms with Crippen molar-refractivity contribution in [2.75, 3.05) is 43.0 Å². The van der Waals surface area contributed by atoms with Crippen LogP contribution in [0.5, 0.6) is 0 Å². The van der Waals surface area contributed by atoms with E-state index in [4.69, 9.17) is 9.72 Å². The van der Waals surface area contributed by atoms with Gasteiger partial charge in [0, 0.05) is 39.0 Å². The van der Waals surface area contributed by atoms with Gasteiger partial charge in [0.1, 0.15) is 17.4 Å². The number of carbonyl (C=O) groups excluding carboxylic acids is 3. The Morgan fingerprint density at radius 3 is 2.57 bits per heavy atom. The van der Waals surface area contributed by atoms with Gasteiger partial charge < -0.3 is 19.9 Å². The molecule has 61 heavy (non-hydrogen) atoms. The average molecular weight is 840 g/mol. The zero-order chi connectivity index (χ0) is 41.9. The van der Waals surface area contributed by atoms with E-state index in [-0.39, 0.29) is 47.5 Å². The van der Waals surface area contributed by atoms with Crippen LogP contribution in [-0.4, -0.2) is 101 Å². The fraction of sp³-hybridized carbons (Fsp3) is 0.558. The van der Waals surface area contributed by atoms with E-state index in [9.17, 15) is 28.0 Å². The molecule has 0 spiro atoms. The van der Waals surface area contributed by atoms with Crippen LogP contribution < -0.4 is 21.2 Å². The molecule has 1 aliphatic carbocycles. The molecule has 4 aromatic heterocycles. The molecule has 1 aromatic carbocycles. The second-order valence-electron chi connectivity index (χ2n) is 17.7. The third-order valence-electron chi connectivity index (χ3n) is 14.0. The molecule has 4 aliphatic heterocycles. The first-order valence-electron chi connectivity index (χ1n) is 21.7. The molecule has 16 nitrogen and oxygen atoms in total. The van der Waals surface area contributed by atoms with Crippen molar-refractivity contribution in [1.29, 1.82) is 0 Å². The summed E-state index contributed by atoms with van der Waals surface area (Å²) in [5, 5.41) is 13.7. The van der Waals surface area contributed by atoms with Crippen LogP contribution in [0.2, 0.25) is 0 Å². The summed E-state index contributed by atoms with van der Waals surface area (Å²) in [6.45, 7) is 4.45. The number of anilines is 2. The van der Waals surface area contributed by atoms with Gasteiger partial charge in [-0.05, 0) is 107 Å². The fourth-order valence-corrected chi connectivity index (χ4v) is 10.6. The van der Waals surface area contributed by atoms with Crippen molar-refractivity contribution in [2.45, 2.75) is 101 Å². The zero-order valence-corrected chi connectivity index (χ0v) is 34.2. The number of nitrogens with zero attached hydrogens (tertiary/aromatic N) is 9. The van der Waals surface area contributed by atoms with E-state index in [1.54, 1.807) is 33.3 Å². The van der Waals surface area contributed by atoms with Crippen LogP contribution in [0.1, 0.15) is 104 Å². The Morgan fingerprint density at radius 1 is 1.02 bits per heavy atom. The van der Waals surface area contributed by atoms with Gasteiger partial charge in [0.2, 0.25) is 11.8 Å². The minimum atomic E-state index is -2.85. The lowest BCUT2D eigenvalue weighted by Crippen LogP contribution is -2.44. The van der Waals surface area contributed by atoms with Crippen LogP contribution in [0, 0.1) is 11.8 Å². The second-order valence-corrected chi connectivity index (χ2v) is 17.7. The number of ether oxygens (including phenoxy) is 1. The third-order valence-corrected chi connectivity index (χ3v) is 14.0. The first kappa shape index (κ1) is 39.6. The Hall–Kier alpha value is -5.49. The zero-order valence-electron chi connectivity index (χ0n) is 34.2. The molecule has 5 aliphatic rings. The number of benzene rings is 1. The number of hydrogen-bond donors (Lipinski definition) is 2. The maximum Gasteiger partial charge on any atom is 0.329 e. The molecule has 322 valence electrons. The number of alkyl halides is 2. The Balaban J connectivity index is 0.718. The van der Waals surface area contributed by atoms with Crippen LogP contribution in [0.15, 0.2) is 47.7 Å². The first-order chi connectivity index (χ1) is 29.6. The molecule has 5 fully saturated rings. The summed E-state index contributed by atoms with van der Waals surface area (Å²) in [6.07, 6.45) is 11.1. The van der Waals surface area contributed by atoms with Gasteiger partial charge >= 0.3 is 5.69 Å². The molecule has 18 heteroatoms. The fourth-order valence-electron chi connectivity index (χ4n) is 10.6. The van der Waals surface area contributed by atoms with Crippen LogP contribution in [0.3, 0.4) is 0 Å². The quantitative estimate of drug-likeness (QED) is 0.177. The number of amides is 3. The van der Waals surface area contributed by atoms with E-state index >= 15 is 0 Å². The summed E-state index contributed by atoms with van der Waals surface area (Å²) in [5.41, 5.74) is 2.53. The van der Waals surface area contributed by atoms with Crippen molar-refractivity contribution in [2.24, 2.45) is 18.9 Å². The number of piperidine rings is 2. The Labute approximate surface area is 350 Å². The van der Waals surface area contributed by atoms with Gasteiger partial charge in [-0.25, -0.2) is 23.1 Å². The highest BCUT2D eigenvalue weighted by atomic mass is 19.3. The number of aromatic nitrogens is 7. The van der Waals surface area contributed by atoms with E-state index in [0.717, 1.165) is 106 Å². The summed E-state index contributed by atoms with van der Waals surface area (Å²) in [5.74, 6) is 0.518. The summed E-state index contributed by atoms with van der Waals surface area (Å²) in [4.78, 5) is 60.8. The lowest BCUT2D eigenvalue weighted by Gasteiger charge is -2.36. The number of rotatable bonds is 11. The highest BCUT2D eigenvalue weighted by molar-refractivity contribution is 6.08. The monoisotopic (exact) mass is 839 g/mol. The number of imide groups is 1. The van der Waals surface area contributed by atoms with Gasteiger partial charge in [0.25, 0.3) is 12.3 Å². The number of hydrogen-bond acceptors (Lipinski definition) is 10. The van der Waals surface area contributed by atoms with Crippen molar-refractivity contribution in [3.63, 3.8) is 0 Å². The molecule has 3 amide bonds. The number of para-hydroxylation sites is 1. The van der Waals surface area contributed by atoms with Gasteiger partial charge in [-0.2, -0.15) is 10.2 Å². The Kier molecular flexibility index (Phi) is 10.5. The van der Waals surface area contributed by atoms with Crippen LogP contribution >= 0.6 is 0 Å². The number of halogens is 2. The Morgan fingerprint density at radius 2 is 1.84 bits per heavy atom. The standard InChI is InChI=1S/C43H51F2N11O5/c1-51-38-27(3-2-4-33(38)56(43(51)60)34-11-12-36(57)49-42(34)59)8-5-25-13-16-52(17-14-25)21-26-6-9-28(10-7-26)55-23-32(37(50-55)39(44)45)47-41(58)31-20-46-54-18-15-35(48-40(31)54)53-22-30-19-29(53)24-61-30/h2-4,15,18,20,23,25-26,28-30,34,39H,5-14,16-17,19,21-22,24H2,1H3,(H,47,58)(H,49,57,59)/t26?,28?,29-,30-,34?/m1/s1. The summed E-state index contributed by atoms with van der Waals surface area (Å²) in [6, 6.07) is 7.28. The molecule has 3 atom stereocenters. The SMILES string of the molecule is Cn1c(=O)n(C2CCC(=O)NC2=O)c2cccc(CCC3CCN(CC4CCC(n5cc(NC(=O)c6cnn7ccc(N8C[C@H]9C[C@@H]8CO9)nc67)c(C(F)F)n5)CC4)CC3)c21. The second kappa shape index (κ2) is 16.1. The summed E-state index contributed by atoms with van der Waals surface area (Å²) < 4.78 is 40.7. The molecule has 2 N–H and O–H groups in total. The number of likely N-dealkylation sites (tertiary alicyclic amines) is 1. The smallest absolute Gasteiger partial charge is 0.329 e. The van der Waals surface area contributed by atoms with Crippen LogP contribution in [0.25, 0.3) is 16.7 Å². The Bertz CT molecular complexity index is 2550. The van der Waals surface area contributed by atoms with E-state index in [2.05, 4.69) is 36.7 Å². The molecule has 1 unspecified atom stereocenters. The number of carbonyl (C=O) groups is 3. The highest BCUT2D eigenvalue weighted by Crippen LogP contribution is 2.37. The number of fused-ring (bicyclic) bond motifs is 4. The molecule has 4 saturated heterocycles. The van der Waals surface area contributed by atoms with E-state index in [0.29, 0.717) is 30.5 Å².